The Labute approximate surface area is 200 Å². The molecular weight excluding hydrogens is 519 g/mol. The van der Waals surface area contributed by atoms with Crippen molar-refractivity contribution in [3.63, 3.8) is 0 Å². The first kappa shape index (κ1) is 21.6. The monoisotopic (exact) mass is 540 g/mol. The van der Waals surface area contributed by atoms with Crippen molar-refractivity contribution in [1.82, 2.24) is 5.32 Å². The van der Waals surface area contributed by atoms with E-state index in [2.05, 4.69) is 64.1 Å². The van der Waals surface area contributed by atoms with E-state index in [1.807, 2.05) is 55.5 Å². The van der Waals surface area contributed by atoms with Gasteiger partial charge < -0.3 is 10.1 Å². The largest absolute Gasteiger partial charge is 0.488 e. The third kappa shape index (κ3) is 5.77. The first-order valence-corrected chi connectivity index (χ1v) is 11.7. The highest BCUT2D eigenvalue weighted by molar-refractivity contribution is 14.1. The van der Waals surface area contributed by atoms with Crippen LogP contribution in [-0.2, 0) is 11.4 Å². The number of amidine groups is 1. The Hall–Kier alpha value is -2.58. The fourth-order valence-electron chi connectivity index (χ4n) is 2.94. The highest BCUT2D eigenvalue weighted by Gasteiger charge is 2.23. The number of carbonyl (C=O) groups is 1. The predicted molar refractivity (Wildman–Crippen MR) is 137 cm³/mol. The number of hydrogen-bond acceptors (Lipinski definition) is 4. The molecule has 4 nitrogen and oxygen atoms in total. The molecule has 0 radical (unpaired) electrons. The van der Waals surface area contributed by atoms with Crippen LogP contribution >= 0.6 is 34.4 Å². The molecular formula is C25H21IN2O2S. The molecule has 1 N–H and O–H groups in total. The number of amides is 1. The highest BCUT2D eigenvalue weighted by atomic mass is 127. The third-order valence-electron chi connectivity index (χ3n) is 4.68. The SMILES string of the molecule is Cc1ccc(COc2ccc(/C=C3/SC(=Nc4ccc(C)cc4)NC3=O)cc2I)cc1. The summed E-state index contributed by atoms with van der Waals surface area (Å²) in [6.45, 7) is 4.62. The van der Waals surface area contributed by atoms with Crippen molar-refractivity contribution in [1.29, 1.82) is 0 Å². The number of nitrogens with one attached hydrogen (secondary N) is 1. The lowest BCUT2D eigenvalue weighted by Gasteiger charge is -2.09. The van der Waals surface area contributed by atoms with E-state index in [-0.39, 0.29) is 5.91 Å². The lowest BCUT2D eigenvalue weighted by Crippen LogP contribution is -2.19. The molecule has 3 aromatic carbocycles. The number of carbonyl (C=O) groups excluding carboxylic acids is 1. The summed E-state index contributed by atoms with van der Waals surface area (Å²) < 4.78 is 6.97. The third-order valence-corrected chi connectivity index (χ3v) is 6.44. The van der Waals surface area contributed by atoms with Gasteiger partial charge in [0.05, 0.1) is 14.2 Å². The summed E-state index contributed by atoms with van der Waals surface area (Å²) in [4.78, 5) is 17.5. The zero-order valence-electron chi connectivity index (χ0n) is 17.2. The van der Waals surface area contributed by atoms with Gasteiger partial charge in [0.1, 0.15) is 12.4 Å². The standard InChI is InChI=1S/C25H21IN2O2S/c1-16-3-7-18(8-4-16)15-30-22-12-9-19(13-21(22)26)14-23-24(29)28-25(31-23)27-20-10-5-17(2)6-11-20/h3-14H,15H2,1-2H3,(H,27,28,29)/b23-14+. The molecule has 1 heterocycles. The van der Waals surface area contributed by atoms with Gasteiger partial charge in [0.25, 0.3) is 5.91 Å². The Kier molecular flexibility index (Phi) is 6.77. The Balaban J connectivity index is 1.44. The summed E-state index contributed by atoms with van der Waals surface area (Å²) in [6, 6.07) is 22.1. The van der Waals surface area contributed by atoms with Crippen LogP contribution in [0.15, 0.2) is 76.6 Å². The van der Waals surface area contributed by atoms with Crippen LogP contribution in [0, 0.1) is 17.4 Å². The van der Waals surface area contributed by atoms with Crippen LogP contribution in [0.25, 0.3) is 6.08 Å². The Morgan fingerprint density at radius 1 is 1.00 bits per heavy atom. The number of halogens is 1. The number of aliphatic imine (C=N–C) groups is 1. The van der Waals surface area contributed by atoms with E-state index in [0.717, 1.165) is 26.1 Å². The number of ether oxygens (including phenoxy) is 1. The molecule has 0 unspecified atom stereocenters. The van der Waals surface area contributed by atoms with E-state index in [0.29, 0.717) is 16.7 Å². The molecule has 0 atom stereocenters. The van der Waals surface area contributed by atoms with E-state index in [1.165, 1.54) is 22.9 Å². The maximum Gasteiger partial charge on any atom is 0.264 e. The van der Waals surface area contributed by atoms with Gasteiger partial charge >= 0.3 is 0 Å². The number of benzene rings is 3. The second-order valence-corrected chi connectivity index (χ2v) is 9.47. The molecule has 1 saturated heterocycles. The molecule has 0 spiro atoms. The van der Waals surface area contributed by atoms with Gasteiger partial charge in [-0.05, 0) is 89.7 Å². The van der Waals surface area contributed by atoms with Crippen molar-refractivity contribution >= 4 is 57.2 Å². The fourth-order valence-corrected chi connectivity index (χ4v) is 4.47. The number of hydrogen-bond donors (Lipinski definition) is 1. The normalized spacial score (nSPS) is 16.0. The van der Waals surface area contributed by atoms with Crippen LogP contribution in [0.3, 0.4) is 0 Å². The van der Waals surface area contributed by atoms with Crippen molar-refractivity contribution in [2.45, 2.75) is 20.5 Å². The van der Waals surface area contributed by atoms with Crippen LogP contribution in [0.4, 0.5) is 5.69 Å². The van der Waals surface area contributed by atoms with E-state index in [4.69, 9.17) is 4.74 Å². The van der Waals surface area contributed by atoms with Gasteiger partial charge in [0, 0.05) is 0 Å². The number of nitrogens with zero attached hydrogens (tertiary/aromatic N) is 1. The van der Waals surface area contributed by atoms with Gasteiger partial charge in [-0.15, -0.1) is 0 Å². The molecule has 1 aliphatic rings. The summed E-state index contributed by atoms with van der Waals surface area (Å²) in [6.07, 6.45) is 1.88. The maximum absolute atomic E-state index is 12.4. The number of rotatable bonds is 5. The van der Waals surface area contributed by atoms with E-state index >= 15 is 0 Å². The molecule has 0 aromatic heterocycles. The van der Waals surface area contributed by atoms with Gasteiger partial charge in [-0.3, -0.25) is 4.79 Å². The highest BCUT2D eigenvalue weighted by Crippen LogP contribution is 2.30. The first-order valence-electron chi connectivity index (χ1n) is 9.80. The molecule has 3 aromatic rings. The van der Waals surface area contributed by atoms with Crippen molar-refractivity contribution < 1.29 is 9.53 Å². The van der Waals surface area contributed by atoms with Crippen LogP contribution in [0.5, 0.6) is 5.75 Å². The van der Waals surface area contributed by atoms with Crippen LogP contribution < -0.4 is 10.1 Å². The average molecular weight is 540 g/mol. The molecule has 1 aliphatic heterocycles. The number of aryl methyl sites for hydroxylation is 2. The summed E-state index contributed by atoms with van der Waals surface area (Å²) in [5, 5.41) is 3.43. The summed E-state index contributed by atoms with van der Waals surface area (Å²) in [5.74, 6) is 0.694. The maximum atomic E-state index is 12.4. The quantitative estimate of drug-likeness (QED) is 0.302. The Morgan fingerprint density at radius 3 is 2.35 bits per heavy atom. The summed E-state index contributed by atoms with van der Waals surface area (Å²) in [7, 11) is 0. The molecule has 4 rings (SSSR count). The van der Waals surface area contributed by atoms with Crippen LogP contribution in [0.1, 0.15) is 22.3 Å². The van der Waals surface area contributed by atoms with Crippen molar-refractivity contribution in [3.05, 3.63) is 97.5 Å². The summed E-state index contributed by atoms with van der Waals surface area (Å²) >= 11 is 3.61. The van der Waals surface area contributed by atoms with E-state index in [9.17, 15) is 4.79 Å². The van der Waals surface area contributed by atoms with E-state index < -0.39 is 0 Å². The zero-order valence-corrected chi connectivity index (χ0v) is 20.2. The van der Waals surface area contributed by atoms with Crippen molar-refractivity contribution in [2.24, 2.45) is 4.99 Å². The molecule has 1 amide bonds. The van der Waals surface area contributed by atoms with Gasteiger partial charge in [0.15, 0.2) is 5.17 Å². The second kappa shape index (κ2) is 9.70. The topological polar surface area (TPSA) is 50.7 Å². The van der Waals surface area contributed by atoms with Gasteiger partial charge in [-0.2, -0.15) is 0 Å². The van der Waals surface area contributed by atoms with Crippen LogP contribution in [0.2, 0.25) is 0 Å². The van der Waals surface area contributed by atoms with E-state index in [1.54, 1.807) is 0 Å². The molecule has 0 saturated carbocycles. The minimum absolute atomic E-state index is 0.134. The molecule has 1 fully saturated rings. The molecule has 6 heteroatoms. The Morgan fingerprint density at radius 2 is 1.68 bits per heavy atom. The van der Waals surface area contributed by atoms with Gasteiger partial charge in [-0.1, -0.05) is 53.6 Å². The van der Waals surface area contributed by atoms with Crippen molar-refractivity contribution in [3.8, 4) is 5.75 Å². The summed E-state index contributed by atoms with van der Waals surface area (Å²) in [5.41, 5.74) is 5.30. The predicted octanol–water partition coefficient (Wildman–Crippen LogP) is 6.38. The molecule has 0 aliphatic carbocycles. The Bertz CT molecular complexity index is 1170. The molecule has 31 heavy (non-hydrogen) atoms. The second-order valence-electron chi connectivity index (χ2n) is 7.28. The van der Waals surface area contributed by atoms with Crippen LogP contribution in [-0.4, -0.2) is 11.1 Å². The minimum atomic E-state index is -0.134. The average Bonchev–Trinajstić information content (AvgIpc) is 3.09. The minimum Gasteiger partial charge on any atom is -0.488 e. The van der Waals surface area contributed by atoms with Gasteiger partial charge in [0.2, 0.25) is 0 Å². The van der Waals surface area contributed by atoms with Gasteiger partial charge in [-0.25, -0.2) is 4.99 Å². The lowest BCUT2D eigenvalue weighted by molar-refractivity contribution is -0.115. The number of thioether (sulfide) groups is 1. The lowest BCUT2D eigenvalue weighted by atomic mass is 10.1. The van der Waals surface area contributed by atoms with Crippen molar-refractivity contribution in [2.75, 3.05) is 0 Å². The molecule has 156 valence electrons. The smallest absolute Gasteiger partial charge is 0.264 e. The zero-order chi connectivity index (χ0) is 21.8. The molecule has 0 bridgehead atoms. The fraction of sp³-hybridized carbons (Fsp3) is 0.120. The first-order chi connectivity index (χ1) is 15.0.